The summed E-state index contributed by atoms with van der Waals surface area (Å²) in [7, 11) is 0. The number of β-amino-alcohol motifs (C(OH)–C–C–N with tert-alkyl or cyclic N) is 1. The van der Waals surface area contributed by atoms with Crippen molar-refractivity contribution in [3.63, 3.8) is 0 Å². The van der Waals surface area contributed by atoms with Crippen molar-refractivity contribution in [3.05, 3.63) is 0 Å². The molecule has 1 unspecified atom stereocenters. The van der Waals surface area contributed by atoms with Crippen LogP contribution in [0.2, 0.25) is 0 Å². The summed E-state index contributed by atoms with van der Waals surface area (Å²) in [6.45, 7) is 2.58. The molecule has 4 heteroatoms. The van der Waals surface area contributed by atoms with E-state index in [1.807, 2.05) is 0 Å². The molecular formula is C7H14ClNO2. The van der Waals surface area contributed by atoms with Gasteiger partial charge in [0.2, 0.25) is 0 Å². The van der Waals surface area contributed by atoms with Gasteiger partial charge in [0.15, 0.2) is 0 Å². The molecule has 0 aromatic rings. The van der Waals surface area contributed by atoms with E-state index in [0.29, 0.717) is 12.8 Å². The number of aliphatic hydroxyl groups excluding tert-OH is 1. The van der Waals surface area contributed by atoms with Crippen LogP contribution < -0.4 is 0 Å². The van der Waals surface area contributed by atoms with Crippen molar-refractivity contribution in [2.45, 2.75) is 18.9 Å². The Kier molecular flexibility index (Phi) is 5.46. The van der Waals surface area contributed by atoms with Crippen LogP contribution in [-0.2, 0) is 4.79 Å². The summed E-state index contributed by atoms with van der Waals surface area (Å²) in [5, 5.41) is 8.91. The molecule has 1 heterocycles. The number of carbonyl (C=O) groups is 1. The highest BCUT2D eigenvalue weighted by Gasteiger charge is 2.14. The van der Waals surface area contributed by atoms with Crippen molar-refractivity contribution in [3.8, 4) is 0 Å². The van der Waals surface area contributed by atoms with E-state index < -0.39 is 6.10 Å². The third-order valence-corrected chi connectivity index (χ3v) is 1.80. The van der Waals surface area contributed by atoms with Crippen LogP contribution in [0.5, 0.6) is 0 Å². The quantitative estimate of drug-likeness (QED) is 0.624. The average molecular weight is 180 g/mol. The summed E-state index contributed by atoms with van der Waals surface area (Å²) in [5.74, 6) is 0. The fourth-order valence-corrected chi connectivity index (χ4v) is 1.27. The van der Waals surface area contributed by atoms with E-state index in [-0.39, 0.29) is 12.4 Å². The van der Waals surface area contributed by atoms with Gasteiger partial charge in [0.05, 0.1) is 0 Å². The van der Waals surface area contributed by atoms with Crippen LogP contribution in [0.1, 0.15) is 12.8 Å². The zero-order valence-corrected chi connectivity index (χ0v) is 7.22. The Morgan fingerprint density at radius 2 is 2.00 bits per heavy atom. The van der Waals surface area contributed by atoms with E-state index in [9.17, 15) is 4.79 Å². The van der Waals surface area contributed by atoms with E-state index in [4.69, 9.17) is 5.11 Å². The number of aldehydes is 1. The Balaban J connectivity index is 0.000001000. The number of carbonyl (C=O) groups excluding carboxylic acids is 1. The molecular weight excluding hydrogens is 166 g/mol. The molecule has 1 saturated heterocycles. The Morgan fingerprint density at radius 3 is 2.45 bits per heavy atom. The number of likely N-dealkylation sites (tertiary alicyclic amines) is 1. The molecule has 3 nitrogen and oxygen atoms in total. The van der Waals surface area contributed by atoms with Gasteiger partial charge in [-0.25, -0.2) is 0 Å². The summed E-state index contributed by atoms with van der Waals surface area (Å²) in [5.41, 5.74) is 0. The molecule has 0 bridgehead atoms. The van der Waals surface area contributed by atoms with Crippen LogP contribution >= 0.6 is 12.4 Å². The molecule has 0 saturated carbocycles. The zero-order valence-electron chi connectivity index (χ0n) is 6.40. The predicted molar refractivity (Wildman–Crippen MR) is 45.0 cm³/mol. The lowest BCUT2D eigenvalue weighted by atomic mass is 10.4. The number of hydrogen-bond acceptors (Lipinski definition) is 3. The zero-order chi connectivity index (χ0) is 7.40. The first-order valence-electron chi connectivity index (χ1n) is 3.68. The van der Waals surface area contributed by atoms with Crippen molar-refractivity contribution in [1.82, 2.24) is 4.90 Å². The Morgan fingerprint density at radius 1 is 1.45 bits per heavy atom. The molecule has 0 radical (unpaired) electrons. The van der Waals surface area contributed by atoms with Gasteiger partial charge in [-0.3, -0.25) is 0 Å². The van der Waals surface area contributed by atoms with Gasteiger partial charge in [-0.15, -0.1) is 12.4 Å². The van der Waals surface area contributed by atoms with E-state index in [1.54, 1.807) is 0 Å². The average Bonchev–Trinajstić information content (AvgIpc) is 2.40. The van der Waals surface area contributed by atoms with E-state index in [0.717, 1.165) is 13.1 Å². The van der Waals surface area contributed by atoms with Gasteiger partial charge in [-0.2, -0.15) is 0 Å². The van der Waals surface area contributed by atoms with Crippen molar-refractivity contribution in [2.75, 3.05) is 19.6 Å². The molecule has 0 aliphatic carbocycles. The minimum atomic E-state index is -0.780. The van der Waals surface area contributed by atoms with Crippen LogP contribution in [0.15, 0.2) is 0 Å². The molecule has 0 aromatic carbocycles. The molecule has 1 rings (SSSR count). The maximum atomic E-state index is 10.0. The van der Waals surface area contributed by atoms with Crippen molar-refractivity contribution in [1.29, 1.82) is 0 Å². The molecule has 1 N–H and O–H groups in total. The molecule has 0 spiro atoms. The highest BCUT2D eigenvalue weighted by atomic mass is 35.5. The first kappa shape index (κ1) is 10.9. The van der Waals surface area contributed by atoms with Crippen LogP contribution in [-0.4, -0.2) is 42.0 Å². The minimum Gasteiger partial charge on any atom is -0.384 e. The van der Waals surface area contributed by atoms with Crippen molar-refractivity contribution in [2.24, 2.45) is 0 Å². The first-order chi connectivity index (χ1) is 4.83. The van der Waals surface area contributed by atoms with Gasteiger partial charge < -0.3 is 14.8 Å². The Bertz CT molecular complexity index is 115. The molecule has 1 fully saturated rings. The smallest absolute Gasteiger partial charge is 0.149 e. The lowest BCUT2D eigenvalue weighted by Gasteiger charge is -2.14. The van der Waals surface area contributed by atoms with Gasteiger partial charge in [0, 0.05) is 6.54 Å². The van der Waals surface area contributed by atoms with Gasteiger partial charge >= 0.3 is 0 Å². The summed E-state index contributed by atoms with van der Waals surface area (Å²) >= 11 is 0. The molecule has 1 atom stereocenters. The largest absolute Gasteiger partial charge is 0.384 e. The number of halogens is 1. The summed E-state index contributed by atoms with van der Waals surface area (Å²) in [4.78, 5) is 12.1. The standard InChI is InChI=1S/C7H13NO2.ClH/c9-6-7(10)5-8-3-1-2-4-8;/h6-7,10H,1-5H2;1H. The molecule has 0 aromatic heterocycles. The highest BCUT2D eigenvalue weighted by Crippen LogP contribution is 2.06. The second kappa shape index (κ2) is 5.52. The second-order valence-electron chi connectivity index (χ2n) is 2.71. The summed E-state index contributed by atoms with van der Waals surface area (Å²) in [6, 6.07) is 0. The molecule has 1 aliphatic heterocycles. The fourth-order valence-electron chi connectivity index (χ4n) is 1.27. The lowest BCUT2D eigenvalue weighted by Crippen LogP contribution is -2.30. The van der Waals surface area contributed by atoms with Gasteiger partial charge in [-0.1, -0.05) is 0 Å². The van der Waals surface area contributed by atoms with Crippen molar-refractivity contribution >= 4 is 18.7 Å². The van der Waals surface area contributed by atoms with E-state index in [2.05, 4.69) is 4.90 Å². The third kappa shape index (κ3) is 3.70. The van der Waals surface area contributed by atoms with E-state index in [1.165, 1.54) is 12.8 Å². The van der Waals surface area contributed by atoms with Crippen LogP contribution in [0.4, 0.5) is 0 Å². The lowest BCUT2D eigenvalue weighted by molar-refractivity contribution is -0.115. The Labute approximate surface area is 72.8 Å². The monoisotopic (exact) mass is 179 g/mol. The third-order valence-electron chi connectivity index (χ3n) is 1.80. The van der Waals surface area contributed by atoms with Crippen LogP contribution in [0.25, 0.3) is 0 Å². The van der Waals surface area contributed by atoms with Gasteiger partial charge in [0.25, 0.3) is 0 Å². The molecule has 11 heavy (non-hydrogen) atoms. The summed E-state index contributed by atoms with van der Waals surface area (Å²) in [6.07, 6.45) is 2.22. The van der Waals surface area contributed by atoms with Gasteiger partial charge in [-0.05, 0) is 25.9 Å². The number of hydrogen-bond donors (Lipinski definition) is 1. The maximum absolute atomic E-state index is 10.0. The topological polar surface area (TPSA) is 40.5 Å². The second-order valence-corrected chi connectivity index (χ2v) is 2.71. The number of aliphatic hydroxyl groups is 1. The first-order valence-corrected chi connectivity index (χ1v) is 3.68. The maximum Gasteiger partial charge on any atom is 0.149 e. The number of nitrogens with zero attached hydrogens (tertiary/aromatic N) is 1. The van der Waals surface area contributed by atoms with Crippen LogP contribution in [0.3, 0.4) is 0 Å². The molecule has 0 amide bonds. The SMILES string of the molecule is Cl.O=CC(O)CN1CCCC1. The van der Waals surface area contributed by atoms with Crippen molar-refractivity contribution < 1.29 is 9.90 Å². The normalized spacial score (nSPS) is 20.8. The number of rotatable bonds is 3. The van der Waals surface area contributed by atoms with Gasteiger partial charge in [0.1, 0.15) is 12.4 Å². The molecule has 1 aliphatic rings. The Hall–Kier alpha value is -0.120. The molecule has 66 valence electrons. The summed E-state index contributed by atoms with van der Waals surface area (Å²) < 4.78 is 0. The fraction of sp³-hybridized carbons (Fsp3) is 0.857. The highest BCUT2D eigenvalue weighted by molar-refractivity contribution is 5.85. The van der Waals surface area contributed by atoms with Crippen LogP contribution in [0, 0.1) is 0 Å². The predicted octanol–water partition coefficient (Wildman–Crippen LogP) is 0.0638. The van der Waals surface area contributed by atoms with E-state index >= 15 is 0 Å². The minimum absolute atomic E-state index is 0.